The molecule has 1 saturated carbocycles. The highest BCUT2D eigenvalue weighted by atomic mass is 16.2. The second-order valence-electron chi connectivity index (χ2n) is 7.28. The lowest BCUT2D eigenvalue weighted by atomic mass is 9.85. The van der Waals surface area contributed by atoms with E-state index in [-0.39, 0.29) is 12.0 Å². The van der Waals surface area contributed by atoms with E-state index in [1.807, 2.05) is 26.0 Å². The molecule has 27 heavy (non-hydrogen) atoms. The van der Waals surface area contributed by atoms with E-state index >= 15 is 0 Å². The van der Waals surface area contributed by atoms with Crippen molar-refractivity contribution in [1.82, 2.24) is 9.80 Å². The quantitative estimate of drug-likeness (QED) is 0.637. The molecule has 5 amide bonds. The predicted octanol–water partition coefficient (Wildman–Crippen LogP) is 2.56. The van der Waals surface area contributed by atoms with E-state index in [9.17, 15) is 19.2 Å². The van der Waals surface area contributed by atoms with Crippen LogP contribution in [-0.4, -0.2) is 46.1 Å². The Hall–Kier alpha value is -2.70. The molecule has 2 aliphatic rings. The number of nitrogens with one attached hydrogen (secondary N) is 1. The second kappa shape index (κ2) is 7.90. The van der Waals surface area contributed by atoms with Crippen molar-refractivity contribution in [3.8, 4) is 0 Å². The van der Waals surface area contributed by atoms with Crippen LogP contribution in [0.1, 0.15) is 45.1 Å². The fourth-order valence-electron chi connectivity index (χ4n) is 3.80. The van der Waals surface area contributed by atoms with Crippen molar-refractivity contribution < 1.29 is 19.2 Å². The van der Waals surface area contributed by atoms with E-state index in [1.54, 1.807) is 12.1 Å². The van der Waals surface area contributed by atoms with Gasteiger partial charge in [0.15, 0.2) is 0 Å². The molecule has 144 valence electrons. The Bertz CT molecular complexity index is 759. The lowest BCUT2D eigenvalue weighted by Gasteiger charge is -2.34. The number of hydrogen-bond acceptors (Lipinski definition) is 4. The van der Waals surface area contributed by atoms with Gasteiger partial charge in [0.25, 0.3) is 0 Å². The number of benzene rings is 1. The number of rotatable bonds is 5. The molecular weight excluding hydrogens is 346 g/mol. The maximum atomic E-state index is 12.7. The summed E-state index contributed by atoms with van der Waals surface area (Å²) in [4.78, 5) is 51.4. The number of hydrogen-bond donors (Lipinski definition) is 1. The minimum atomic E-state index is -0.922. The van der Waals surface area contributed by atoms with Gasteiger partial charge in [0.1, 0.15) is 6.54 Å². The third-order valence-electron chi connectivity index (χ3n) is 5.43. The van der Waals surface area contributed by atoms with Gasteiger partial charge in [-0.15, -0.1) is 0 Å². The maximum absolute atomic E-state index is 12.7. The van der Waals surface area contributed by atoms with Crippen LogP contribution >= 0.6 is 0 Å². The zero-order chi connectivity index (χ0) is 19.6. The van der Waals surface area contributed by atoms with Gasteiger partial charge in [-0.05, 0) is 42.9 Å². The number of amides is 5. The summed E-state index contributed by atoms with van der Waals surface area (Å²) in [6, 6.07) is 6.39. The van der Waals surface area contributed by atoms with Gasteiger partial charge in [-0.1, -0.05) is 38.8 Å². The van der Waals surface area contributed by atoms with Crippen molar-refractivity contribution in [2.45, 2.75) is 52.0 Å². The van der Waals surface area contributed by atoms with E-state index in [1.165, 1.54) is 0 Å². The standard InChI is InChI=1S/C20H25N3O4/c1-3-14-8-10-15(11-9-14)21-17(24)12-22-18(25)19(26)23(20(22)27)16-7-5-4-6-13(16)2/h8-11,13,16H,3-7,12H2,1-2H3,(H,21,24)/t13-,16-/m0/s1. The fourth-order valence-corrected chi connectivity index (χ4v) is 3.80. The van der Waals surface area contributed by atoms with Crippen LogP contribution in [0.3, 0.4) is 0 Å². The van der Waals surface area contributed by atoms with E-state index < -0.39 is 30.3 Å². The third kappa shape index (κ3) is 3.86. The molecule has 7 nitrogen and oxygen atoms in total. The first-order valence-corrected chi connectivity index (χ1v) is 9.50. The highest BCUT2D eigenvalue weighted by molar-refractivity contribution is 6.45. The van der Waals surface area contributed by atoms with Crippen molar-refractivity contribution in [3.63, 3.8) is 0 Å². The smallest absolute Gasteiger partial charge is 0.325 e. The van der Waals surface area contributed by atoms with Crippen LogP contribution in [-0.2, 0) is 20.8 Å². The number of aryl methyl sites for hydroxylation is 1. The molecule has 1 aromatic carbocycles. The van der Waals surface area contributed by atoms with Crippen molar-refractivity contribution >= 4 is 29.4 Å². The van der Waals surface area contributed by atoms with Crippen LogP contribution in [0.2, 0.25) is 0 Å². The molecule has 1 heterocycles. The summed E-state index contributed by atoms with van der Waals surface area (Å²) in [5, 5.41) is 2.66. The van der Waals surface area contributed by atoms with Crippen LogP contribution < -0.4 is 5.32 Å². The Morgan fingerprint density at radius 2 is 1.74 bits per heavy atom. The van der Waals surface area contributed by atoms with E-state index in [2.05, 4.69) is 5.32 Å². The van der Waals surface area contributed by atoms with Crippen LogP contribution in [0.25, 0.3) is 0 Å². The molecule has 2 fully saturated rings. The number of carbonyl (C=O) groups is 4. The number of urea groups is 1. The molecule has 0 radical (unpaired) electrons. The van der Waals surface area contributed by atoms with E-state index in [4.69, 9.17) is 0 Å². The van der Waals surface area contributed by atoms with Crippen LogP contribution in [0.15, 0.2) is 24.3 Å². The normalized spacial score (nSPS) is 23.1. The molecule has 1 N–H and O–H groups in total. The van der Waals surface area contributed by atoms with Gasteiger partial charge in [0.2, 0.25) is 5.91 Å². The molecule has 1 aromatic rings. The van der Waals surface area contributed by atoms with Crippen molar-refractivity contribution in [3.05, 3.63) is 29.8 Å². The summed E-state index contributed by atoms with van der Waals surface area (Å²) in [5.74, 6) is -2.09. The van der Waals surface area contributed by atoms with Crippen LogP contribution in [0, 0.1) is 5.92 Å². The number of anilines is 1. The highest BCUT2D eigenvalue weighted by Gasteiger charge is 2.49. The average molecular weight is 371 g/mol. The largest absolute Gasteiger partial charge is 0.334 e. The zero-order valence-corrected chi connectivity index (χ0v) is 15.7. The monoisotopic (exact) mass is 371 g/mol. The van der Waals surface area contributed by atoms with Gasteiger partial charge in [-0.3, -0.25) is 19.3 Å². The SMILES string of the molecule is CCc1ccc(NC(=O)CN2C(=O)C(=O)N([C@H]3CCCC[C@@H]3C)C2=O)cc1. The minimum absolute atomic E-state index is 0.158. The Morgan fingerprint density at radius 1 is 1.07 bits per heavy atom. The number of carbonyl (C=O) groups excluding carboxylic acids is 4. The Kier molecular flexibility index (Phi) is 5.58. The molecular formula is C20H25N3O4. The highest BCUT2D eigenvalue weighted by Crippen LogP contribution is 2.31. The van der Waals surface area contributed by atoms with E-state index in [0.717, 1.165) is 41.0 Å². The topological polar surface area (TPSA) is 86.8 Å². The Labute approximate surface area is 158 Å². The number of nitrogens with zero attached hydrogens (tertiary/aromatic N) is 2. The summed E-state index contributed by atoms with van der Waals surface area (Å²) < 4.78 is 0. The van der Waals surface area contributed by atoms with Gasteiger partial charge >= 0.3 is 17.8 Å². The Balaban J connectivity index is 1.67. The van der Waals surface area contributed by atoms with Crippen LogP contribution in [0.5, 0.6) is 0 Å². The summed E-state index contributed by atoms with van der Waals surface area (Å²) in [7, 11) is 0. The van der Waals surface area contributed by atoms with Crippen molar-refractivity contribution in [1.29, 1.82) is 0 Å². The summed E-state index contributed by atoms with van der Waals surface area (Å²) in [6.07, 6.45) is 4.50. The van der Waals surface area contributed by atoms with E-state index in [0.29, 0.717) is 12.1 Å². The molecule has 1 saturated heterocycles. The van der Waals surface area contributed by atoms with Crippen molar-refractivity contribution in [2.75, 3.05) is 11.9 Å². The first-order chi connectivity index (χ1) is 12.9. The molecule has 0 spiro atoms. The van der Waals surface area contributed by atoms with Gasteiger partial charge < -0.3 is 5.32 Å². The molecule has 0 aromatic heterocycles. The third-order valence-corrected chi connectivity index (χ3v) is 5.43. The molecule has 1 aliphatic heterocycles. The predicted molar refractivity (Wildman–Crippen MR) is 99.8 cm³/mol. The summed E-state index contributed by atoms with van der Waals surface area (Å²) >= 11 is 0. The lowest BCUT2D eigenvalue weighted by molar-refractivity contribution is -0.145. The first kappa shape index (κ1) is 19.1. The van der Waals surface area contributed by atoms with Gasteiger partial charge in [0.05, 0.1) is 0 Å². The second-order valence-corrected chi connectivity index (χ2v) is 7.28. The molecule has 0 bridgehead atoms. The number of imide groups is 2. The Morgan fingerprint density at radius 3 is 2.37 bits per heavy atom. The summed E-state index contributed by atoms with van der Waals surface area (Å²) in [6.45, 7) is 3.56. The maximum Gasteiger partial charge on any atom is 0.334 e. The average Bonchev–Trinajstić information content (AvgIpc) is 2.86. The molecule has 7 heteroatoms. The fraction of sp³-hybridized carbons (Fsp3) is 0.500. The summed E-state index contributed by atoms with van der Waals surface area (Å²) in [5.41, 5.74) is 1.72. The zero-order valence-electron chi connectivity index (χ0n) is 15.7. The van der Waals surface area contributed by atoms with Gasteiger partial charge in [0, 0.05) is 11.7 Å². The van der Waals surface area contributed by atoms with Gasteiger partial charge in [-0.25, -0.2) is 9.69 Å². The minimum Gasteiger partial charge on any atom is -0.325 e. The van der Waals surface area contributed by atoms with Gasteiger partial charge in [-0.2, -0.15) is 0 Å². The van der Waals surface area contributed by atoms with Crippen LogP contribution in [0.4, 0.5) is 10.5 Å². The van der Waals surface area contributed by atoms with Crippen molar-refractivity contribution in [2.24, 2.45) is 5.92 Å². The molecule has 3 rings (SSSR count). The lowest BCUT2D eigenvalue weighted by Crippen LogP contribution is -2.46. The first-order valence-electron chi connectivity index (χ1n) is 9.50. The molecule has 1 aliphatic carbocycles. The molecule has 2 atom stereocenters. The molecule has 0 unspecified atom stereocenters.